The lowest BCUT2D eigenvalue weighted by Crippen LogP contribution is -2.12. The van der Waals surface area contributed by atoms with Crippen LogP contribution in [-0.4, -0.2) is 15.2 Å². The standard InChI is InChI=1S/C8H5ClN2O3/c9-10-4-5-2-1-3-6(11(13)14)7(5)8(10)12/h1-3H,4H2. The maximum Gasteiger partial charge on any atom is 0.282 e. The Labute approximate surface area is 84.1 Å². The molecule has 0 aliphatic carbocycles. The van der Waals surface area contributed by atoms with E-state index in [1.54, 1.807) is 12.1 Å². The average molecular weight is 213 g/mol. The second kappa shape index (κ2) is 2.95. The molecule has 0 saturated heterocycles. The van der Waals surface area contributed by atoms with Crippen LogP contribution in [0.2, 0.25) is 0 Å². The number of rotatable bonds is 1. The predicted molar refractivity (Wildman–Crippen MR) is 48.8 cm³/mol. The van der Waals surface area contributed by atoms with Gasteiger partial charge < -0.3 is 0 Å². The molecule has 0 N–H and O–H groups in total. The monoisotopic (exact) mass is 212 g/mol. The fourth-order valence-electron chi connectivity index (χ4n) is 1.46. The lowest BCUT2D eigenvalue weighted by atomic mass is 10.1. The average Bonchev–Trinajstić information content (AvgIpc) is 2.43. The maximum absolute atomic E-state index is 11.4. The highest BCUT2D eigenvalue weighted by Crippen LogP contribution is 2.31. The van der Waals surface area contributed by atoms with Crippen molar-refractivity contribution in [1.29, 1.82) is 0 Å². The number of hydrogen-bond acceptors (Lipinski definition) is 3. The van der Waals surface area contributed by atoms with E-state index in [9.17, 15) is 14.9 Å². The number of benzene rings is 1. The Hall–Kier alpha value is -1.62. The normalized spacial score (nSPS) is 14.4. The summed E-state index contributed by atoms with van der Waals surface area (Å²) < 4.78 is 0.942. The van der Waals surface area contributed by atoms with Crippen molar-refractivity contribution >= 4 is 23.4 Å². The molecule has 0 bridgehead atoms. The SMILES string of the molecule is O=C1c2c(cccc2[N+](=O)[O-])CN1Cl. The van der Waals surface area contributed by atoms with Crippen LogP contribution in [0.3, 0.4) is 0 Å². The van der Waals surface area contributed by atoms with Gasteiger partial charge >= 0.3 is 0 Å². The van der Waals surface area contributed by atoms with Crippen LogP contribution in [0.4, 0.5) is 5.69 Å². The summed E-state index contributed by atoms with van der Waals surface area (Å²) in [7, 11) is 0. The van der Waals surface area contributed by atoms with Gasteiger partial charge in [-0.15, -0.1) is 0 Å². The molecule has 72 valence electrons. The lowest BCUT2D eigenvalue weighted by molar-refractivity contribution is -0.385. The van der Waals surface area contributed by atoms with Crippen LogP contribution < -0.4 is 0 Å². The number of carbonyl (C=O) groups is 1. The number of nitro groups is 1. The second-order valence-electron chi connectivity index (χ2n) is 2.89. The van der Waals surface area contributed by atoms with Crippen LogP contribution >= 0.6 is 11.8 Å². The molecule has 0 aromatic heterocycles. The molecule has 1 aromatic carbocycles. The topological polar surface area (TPSA) is 63.4 Å². The molecule has 0 unspecified atom stereocenters. The number of carbonyl (C=O) groups excluding carboxylic acids is 1. The summed E-state index contributed by atoms with van der Waals surface area (Å²) in [6.07, 6.45) is 0. The van der Waals surface area contributed by atoms with E-state index in [-0.39, 0.29) is 17.8 Å². The summed E-state index contributed by atoms with van der Waals surface area (Å²) in [4.78, 5) is 21.4. The van der Waals surface area contributed by atoms with Crippen LogP contribution in [0, 0.1) is 10.1 Å². The van der Waals surface area contributed by atoms with Crippen molar-refractivity contribution in [1.82, 2.24) is 4.42 Å². The fourth-order valence-corrected chi connectivity index (χ4v) is 1.67. The summed E-state index contributed by atoms with van der Waals surface area (Å²) >= 11 is 5.57. The van der Waals surface area contributed by atoms with Gasteiger partial charge in [0.2, 0.25) is 0 Å². The van der Waals surface area contributed by atoms with Crippen molar-refractivity contribution in [2.45, 2.75) is 6.54 Å². The molecule has 1 aliphatic heterocycles. The van der Waals surface area contributed by atoms with Crippen molar-refractivity contribution in [3.05, 3.63) is 39.4 Å². The number of amides is 1. The Kier molecular flexibility index (Phi) is 1.89. The van der Waals surface area contributed by atoms with Crippen molar-refractivity contribution in [2.24, 2.45) is 0 Å². The summed E-state index contributed by atoms with van der Waals surface area (Å²) in [5.41, 5.74) is 0.516. The molecule has 1 amide bonds. The highest BCUT2D eigenvalue weighted by atomic mass is 35.5. The van der Waals surface area contributed by atoms with E-state index in [0.29, 0.717) is 5.56 Å². The quantitative estimate of drug-likeness (QED) is 0.404. The van der Waals surface area contributed by atoms with Crippen LogP contribution in [0.25, 0.3) is 0 Å². The second-order valence-corrected chi connectivity index (χ2v) is 3.30. The molecule has 0 spiro atoms. The minimum atomic E-state index is -0.577. The summed E-state index contributed by atoms with van der Waals surface area (Å²) in [6, 6.07) is 4.50. The molecule has 5 nitrogen and oxygen atoms in total. The zero-order valence-electron chi connectivity index (χ0n) is 6.94. The van der Waals surface area contributed by atoms with Gasteiger partial charge in [0.05, 0.1) is 11.5 Å². The van der Waals surface area contributed by atoms with E-state index in [0.717, 1.165) is 4.42 Å². The predicted octanol–water partition coefficient (Wildman–Crippen LogP) is 1.70. The van der Waals surface area contributed by atoms with Gasteiger partial charge in [-0.25, -0.2) is 4.42 Å². The molecule has 0 fully saturated rings. The van der Waals surface area contributed by atoms with E-state index < -0.39 is 10.8 Å². The Morgan fingerprint density at radius 1 is 1.50 bits per heavy atom. The molecule has 0 radical (unpaired) electrons. The molecule has 1 aliphatic rings. The zero-order chi connectivity index (χ0) is 10.3. The minimum Gasteiger partial charge on any atom is -0.267 e. The number of nitrogens with zero attached hydrogens (tertiary/aromatic N) is 2. The first-order valence-electron chi connectivity index (χ1n) is 3.85. The van der Waals surface area contributed by atoms with Crippen LogP contribution in [-0.2, 0) is 6.54 Å². The third-order valence-electron chi connectivity index (χ3n) is 2.07. The molecule has 14 heavy (non-hydrogen) atoms. The Bertz CT molecular complexity index is 433. The highest BCUT2D eigenvalue weighted by Gasteiger charge is 2.33. The first-order chi connectivity index (χ1) is 6.61. The first-order valence-corrected chi connectivity index (χ1v) is 4.19. The number of nitro benzene ring substituents is 1. The number of hydrogen-bond donors (Lipinski definition) is 0. The lowest BCUT2D eigenvalue weighted by Gasteiger charge is -2.00. The van der Waals surface area contributed by atoms with E-state index in [4.69, 9.17) is 11.8 Å². The van der Waals surface area contributed by atoms with Gasteiger partial charge in [0.25, 0.3) is 11.6 Å². The van der Waals surface area contributed by atoms with Crippen molar-refractivity contribution in [3.63, 3.8) is 0 Å². The maximum atomic E-state index is 11.4. The third-order valence-corrected chi connectivity index (χ3v) is 2.34. The summed E-state index contributed by atoms with van der Waals surface area (Å²) in [6.45, 7) is 0.220. The smallest absolute Gasteiger partial charge is 0.267 e. The highest BCUT2D eigenvalue weighted by molar-refractivity contribution is 6.26. The van der Waals surface area contributed by atoms with Gasteiger partial charge in [-0.3, -0.25) is 14.9 Å². The van der Waals surface area contributed by atoms with Crippen molar-refractivity contribution in [2.75, 3.05) is 0 Å². The van der Waals surface area contributed by atoms with E-state index in [2.05, 4.69) is 0 Å². The largest absolute Gasteiger partial charge is 0.282 e. The molecule has 2 rings (SSSR count). The van der Waals surface area contributed by atoms with E-state index >= 15 is 0 Å². The molecular weight excluding hydrogens is 208 g/mol. The minimum absolute atomic E-state index is 0.104. The van der Waals surface area contributed by atoms with Gasteiger partial charge in [-0.05, 0) is 5.56 Å². The Morgan fingerprint density at radius 3 is 2.86 bits per heavy atom. The molecule has 0 saturated carbocycles. The molecule has 1 heterocycles. The zero-order valence-corrected chi connectivity index (χ0v) is 7.69. The summed E-state index contributed by atoms with van der Waals surface area (Å²) in [5.74, 6) is -0.506. The van der Waals surface area contributed by atoms with Gasteiger partial charge in [-0.1, -0.05) is 12.1 Å². The summed E-state index contributed by atoms with van der Waals surface area (Å²) in [5, 5.41) is 10.6. The fraction of sp³-hybridized carbons (Fsp3) is 0.125. The van der Waals surface area contributed by atoms with Crippen molar-refractivity contribution in [3.8, 4) is 0 Å². The Morgan fingerprint density at radius 2 is 2.21 bits per heavy atom. The molecule has 6 heteroatoms. The number of halogens is 1. The van der Waals surface area contributed by atoms with Gasteiger partial charge in [0.1, 0.15) is 5.56 Å². The van der Waals surface area contributed by atoms with Crippen LogP contribution in [0.1, 0.15) is 15.9 Å². The number of fused-ring (bicyclic) bond motifs is 1. The van der Waals surface area contributed by atoms with Crippen LogP contribution in [0.15, 0.2) is 18.2 Å². The van der Waals surface area contributed by atoms with Gasteiger partial charge in [-0.2, -0.15) is 0 Å². The third kappa shape index (κ3) is 1.13. The van der Waals surface area contributed by atoms with Gasteiger partial charge in [0.15, 0.2) is 0 Å². The molecular formula is C8H5ClN2O3. The first kappa shape index (κ1) is 8.96. The van der Waals surface area contributed by atoms with E-state index in [1.165, 1.54) is 6.07 Å². The van der Waals surface area contributed by atoms with E-state index in [1.807, 2.05) is 0 Å². The van der Waals surface area contributed by atoms with Crippen LogP contribution in [0.5, 0.6) is 0 Å². The molecule has 0 atom stereocenters. The van der Waals surface area contributed by atoms with Crippen molar-refractivity contribution < 1.29 is 9.72 Å². The van der Waals surface area contributed by atoms with Gasteiger partial charge in [0, 0.05) is 17.8 Å². The Balaban J connectivity index is 2.64. The molecule has 1 aromatic rings.